The summed E-state index contributed by atoms with van der Waals surface area (Å²) < 4.78 is 54.7. The van der Waals surface area contributed by atoms with Crippen LogP contribution in [0.2, 0.25) is 5.02 Å². The second-order valence-electron chi connectivity index (χ2n) is 8.44. The standard InChI is InChI=1S/C24H28ClF2N3O4S/c25-18-3-6-21(7-4-18)35(32)30(23-16-19(26)5-8-22(23)27)20-2-1-9-29(17-20)24(31)34-15-12-28-10-13-33-14-11-28/h3-8,16,20H,1-2,9-15,17H2. The molecule has 2 saturated heterocycles. The molecule has 2 atom stereocenters. The lowest BCUT2D eigenvalue weighted by Crippen LogP contribution is -2.51. The molecule has 2 aromatic carbocycles. The van der Waals surface area contributed by atoms with Crippen molar-refractivity contribution in [3.05, 3.63) is 59.1 Å². The molecular formula is C24H28ClF2N3O4S. The van der Waals surface area contributed by atoms with Gasteiger partial charge in [-0.25, -0.2) is 17.8 Å². The SMILES string of the molecule is O=C(OCCN1CCOCC1)N1CCCC(N(c2cc(F)ccc2F)S(=O)c2ccc(Cl)cc2)C1. The summed E-state index contributed by atoms with van der Waals surface area (Å²) in [7, 11) is -1.86. The Morgan fingerprint density at radius 3 is 2.63 bits per heavy atom. The molecule has 1 amide bonds. The van der Waals surface area contributed by atoms with Gasteiger partial charge in [-0.05, 0) is 49.2 Å². The number of carbonyl (C=O) groups is 1. The molecule has 2 unspecified atom stereocenters. The van der Waals surface area contributed by atoms with Crippen molar-refractivity contribution < 1.29 is 27.3 Å². The summed E-state index contributed by atoms with van der Waals surface area (Å²) in [5.74, 6) is -1.34. The van der Waals surface area contributed by atoms with Crippen molar-refractivity contribution >= 4 is 34.4 Å². The minimum absolute atomic E-state index is 0.120. The lowest BCUT2D eigenvalue weighted by Gasteiger charge is -2.39. The summed E-state index contributed by atoms with van der Waals surface area (Å²) in [5, 5.41) is 0.470. The van der Waals surface area contributed by atoms with Crippen LogP contribution >= 0.6 is 11.6 Å². The highest BCUT2D eigenvalue weighted by atomic mass is 35.5. The van der Waals surface area contributed by atoms with Gasteiger partial charge in [0.05, 0.1) is 29.8 Å². The highest BCUT2D eigenvalue weighted by Crippen LogP contribution is 2.31. The third-order valence-corrected chi connectivity index (χ3v) is 7.84. The van der Waals surface area contributed by atoms with Crippen LogP contribution in [0.15, 0.2) is 47.4 Å². The maximum atomic E-state index is 14.8. The lowest BCUT2D eigenvalue weighted by molar-refractivity contribution is 0.0238. The second kappa shape index (κ2) is 12.1. The molecular weight excluding hydrogens is 500 g/mol. The molecule has 0 saturated carbocycles. The lowest BCUT2D eigenvalue weighted by atomic mass is 10.1. The first-order chi connectivity index (χ1) is 16.9. The first kappa shape index (κ1) is 25.8. The fraction of sp³-hybridized carbons (Fsp3) is 0.458. The second-order valence-corrected chi connectivity index (χ2v) is 10.2. The number of amides is 1. The number of benzene rings is 2. The molecule has 2 aliphatic heterocycles. The predicted octanol–water partition coefficient (Wildman–Crippen LogP) is 4.08. The van der Waals surface area contributed by atoms with Gasteiger partial charge in [0.25, 0.3) is 0 Å². The van der Waals surface area contributed by atoms with Crippen molar-refractivity contribution in [2.24, 2.45) is 0 Å². The monoisotopic (exact) mass is 527 g/mol. The predicted molar refractivity (Wildman–Crippen MR) is 130 cm³/mol. The number of ether oxygens (including phenoxy) is 2. The van der Waals surface area contributed by atoms with Crippen molar-refractivity contribution in [2.75, 3.05) is 56.8 Å². The molecule has 0 N–H and O–H groups in total. The Hall–Kier alpha value is -2.27. The van der Waals surface area contributed by atoms with E-state index in [0.717, 1.165) is 31.3 Å². The summed E-state index contributed by atoms with van der Waals surface area (Å²) in [6.07, 6.45) is 0.682. The van der Waals surface area contributed by atoms with Crippen LogP contribution < -0.4 is 4.31 Å². The van der Waals surface area contributed by atoms with E-state index in [9.17, 15) is 17.8 Å². The fourth-order valence-corrected chi connectivity index (χ4v) is 5.71. The molecule has 2 heterocycles. The number of nitrogens with zero attached hydrogens (tertiary/aromatic N) is 3. The number of anilines is 1. The Morgan fingerprint density at radius 2 is 1.89 bits per heavy atom. The van der Waals surface area contributed by atoms with Crippen molar-refractivity contribution in [3.8, 4) is 0 Å². The molecule has 2 aliphatic rings. The van der Waals surface area contributed by atoms with Crippen LogP contribution in [0.1, 0.15) is 12.8 Å². The molecule has 35 heavy (non-hydrogen) atoms. The summed E-state index contributed by atoms with van der Waals surface area (Å²) in [5.41, 5.74) is -0.120. The van der Waals surface area contributed by atoms with Crippen LogP contribution in [-0.4, -0.2) is 78.7 Å². The molecule has 2 aromatic rings. The quantitative estimate of drug-likeness (QED) is 0.543. The van der Waals surface area contributed by atoms with E-state index in [4.69, 9.17) is 21.1 Å². The van der Waals surface area contributed by atoms with Gasteiger partial charge < -0.3 is 14.4 Å². The highest BCUT2D eigenvalue weighted by Gasteiger charge is 2.34. The zero-order valence-corrected chi connectivity index (χ0v) is 20.8. The number of morpholine rings is 1. The number of halogens is 3. The molecule has 4 rings (SSSR count). The summed E-state index contributed by atoms with van der Waals surface area (Å²) in [6, 6.07) is 8.90. The average Bonchev–Trinajstić information content (AvgIpc) is 2.87. The maximum Gasteiger partial charge on any atom is 0.409 e. The van der Waals surface area contributed by atoms with Crippen LogP contribution in [0.3, 0.4) is 0 Å². The maximum absolute atomic E-state index is 14.8. The Labute approximate surface area is 211 Å². The number of hydrogen-bond donors (Lipinski definition) is 0. The minimum Gasteiger partial charge on any atom is -0.448 e. The number of likely N-dealkylation sites (tertiary alicyclic amines) is 1. The number of rotatable bonds is 7. The first-order valence-corrected chi connectivity index (χ1v) is 13.0. The Balaban J connectivity index is 1.49. The Morgan fingerprint density at radius 1 is 1.14 bits per heavy atom. The summed E-state index contributed by atoms with van der Waals surface area (Å²) in [6.45, 7) is 4.44. The molecule has 0 aromatic heterocycles. The molecule has 7 nitrogen and oxygen atoms in total. The van der Waals surface area contributed by atoms with E-state index < -0.39 is 34.8 Å². The smallest absolute Gasteiger partial charge is 0.409 e. The molecule has 11 heteroatoms. The van der Waals surface area contributed by atoms with Gasteiger partial charge in [-0.3, -0.25) is 9.21 Å². The van der Waals surface area contributed by atoms with Gasteiger partial charge >= 0.3 is 6.09 Å². The highest BCUT2D eigenvalue weighted by molar-refractivity contribution is 7.86. The van der Waals surface area contributed by atoms with E-state index >= 15 is 0 Å². The van der Waals surface area contributed by atoms with E-state index in [-0.39, 0.29) is 18.8 Å². The van der Waals surface area contributed by atoms with E-state index in [1.807, 2.05) is 0 Å². The third kappa shape index (κ3) is 6.69. The molecule has 0 aliphatic carbocycles. The van der Waals surface area contributed by atoms with Crippen LogP contribution in [0.4, 0.5) is 19.3 Å². The Bertz CT molecular complexity index is 1040. The van der Waals surface area contributed by atoms with E-state index in [0.29, 0.717) is 49.1 Å². The molecule has 2 fully saturated rings. The van der Waals surface area contributed by atoms with Crippen LogP contribution in [0.5, 0.6) is 0 Å². The van der Waals surface area contributed by atoms with Crippen molar-refractivity contribution in [2.45, 2.75) is 23.8 Å². The first-order valence-electron chi connectivity index (χ1n) is 11.6. The van der Waals surface area contributed by atoms with Crippen molar-refractivity contribution in [1.82, 2.24) is 9.80 Å². The summed E-state index contributed by atoms with van der Waals surface area (Å²) >= 11 is 5.96. The number of hydrogen-bond acceptors (Lipinski definition) is 5. The van der Waals surface area contributed by atoms with Crippen LogP contribution in [0, 0.1) is 11.6 Å². The molecule has 190 valence electrons. The van der Waals surface area contributed by atoms with Gasteiger partial charge in [0.15, 0.2) is 11.0 Å². The zero-order valence-electron chi connectivity index (χ0n) is 19.2. The van der Waals surface area contributed by atoms with Gasteiger partial charge in [0.2, 0.25) is 0 Å². The van der Waals surface area contributed by atoms with E-state index in [1.54, 1.807) is 24.3 Å². The normalized spacial score (nSPS) is 19.9. The molecule has 0 bridgehead atoms. The van der Waals surface area contributed by atoms with Crippen LogP contribution in [0.25, 0.3) is 0 Å². The third-order valence-electron chi connectivity index (χ3n) is 6.06. The van der Waals surface area contributed by atoms with Gasteiger partial charge in [-0.2, -0.15) is 0 Å². The zero-order chi connectivity index (χ0) is 24.8. The molecule has 0 radical (unpaired) electrons. The Kier molecular flexibility index (Phi) is 8.94. The van der Waals surface area contributed by atoms with E-state index in [2.05, 4.69) is 4.90 Å². The number of piperidine rings is 1. The largest absolute Gasteiger partial charge is 0.448 e. The minimum atomic E-state index is -1.86. The van der Waals surface area contributed by atoms with Crippen molar-refractivity contribution in [3.63, 3.8) is 0 Å². The van der Waals surface area contributed by atoms with Gasteiger partial charge in [0.1, 0.15) is 18.2 Å². The topological polar surface area (TPSA) is 62.3 Å². The van der Waals surface area contributed by atoms with Crippen LogP contribution in [-0.2, 0) is 20.5 Å². The fourth-order valence-electron chi connectivity index (χ4n) is 4.23. The van der Waals surface area contributed by atoms with E-state index in [1.165, 1.54) is 9.21 Å². The van der Waals surface area contributed by atoms with Gasteiger partial charge in [-0.15, -0.1) is 0 Å². The van der Waals surface area contributed by atoms with Crippen molar-refractivity contribution in [1.29, 1.82) is 0 Å². The number of carbonyl (C=O) groups excluding carboxylic acids is 1. The van der Waals surface area contributed by atoms with Gasteiger partial charge in [0, 0.05) is 43.8 Å². The summed E-state index contributed by atoms with van der Waals surface area (Å²) in [4.78, 5) is 16.9. The molecule has 0 spiro atoms. The van der Waals surface area contributed by atoms with Gasteiger partial charge in [-0.1, -0.05) is 11.6 Å². The average molecular weight is 528 g/mol.